The molecular weight excluding hydrogens is 308 g/mol. The maximum absolute atomic E-state index is 12.7. The SMILES string of the molecule is C=CCSCC(=O)NC(Cc1ccccc1)C(=O)N1CCCC1. The van der Waals surface area contributed by atoms with Crippen LogP contribution in [0.5, 0.6) is 0 Å². The topological polar surface area (TPSA) is 49.4 Å². The average Bonchev–Trinajstić information content (AvgIpc) is 3.09. The fourth-order valence-electron chi connectivity index (χ4n) is 2.68. The number of carbonyl (C=O) groups excluding carboxylic acids is 2. The second kappa shape index (κ2) is 9.40. The van der Waals surface area contributed by atoms with Crippen LogP contribution in [0.3, 0.4) is 0 Å². The Morgan fingerprint density at radius 2 is 1.96 bits per heavy atom. The van der Waals surface area contributed by atoms with Crippen LogP contribution < -0.4 is 5.32 Å². The summed E-state index contributed by atoms with van der Waals surface area (Å²) >= 11 is 1.50. The Labute approximate surface area is 142 Å². The van der Waals surface area contributed by atoms with Gasteiger partial charge in [-0.3, -0.25) is 9.59 Å². The Balaban J connectivity index is 1.99. The highest BCUT2D eigenvalue weighted by molar-refractivity contribution is 8.00. The van der Waals surface area contributed by atoms with Gasteiger partial charge in [-0.25, -0.2) is 0 Å². The summed E-state index contributed by atoms with van der Waals surface area (Å²) in [6, 6.07) is 9.35. The summed E-state index contributed by atoms with van der Waals surface area (Å²) in [5, 5.41) is 2.92. The van der Waals surface area contributed by atoms with E-state index in [0.29, 0.717) is 12.2 Å². The van der Waals surface area contributed by atoms with Gasteiger partial charge in [0.05, 0.1) is 5.75 Å². The third-order valence-electron chi connectivity index (χ3n) is 3.80. The lowest BCUT2D eigenvalue weighted by atomic mass is 10.0. The highest BCUT2D eigenvalue weighted by atomic mass is 32.2. The number of likely N-dealkylation sites (tertiary alicyclic amines) is 1. The van der Waals surface area contributed by atoms with Crippen molar-refractivity contribution in [2.45, 2.75) is 25.3 Å². The largest absolute Gasteiger partial charge is 0.343 e. The van der Waals surface area contributed by atoms with Crippen molar-refractivity contribution in [1.82, 2.24) is 10.2 Å². The van der Waals surface area contributed by atoms with Gasteiger partial charge < -0.3 is 10.2 Å². The van der Waals surface area contributed by atoms with E-state index in [-0.39, 0.29) is 11.8 Å². The first-order chi connectivity index (χ1) is 11.2. The molecule has 1 aliphatic rings. The van der Waals surface area contributed by atoms with Crippen LogP contribution in [-0.2, 0) is 16.0 Å². The van der Waals surface area contributed by atoms with Crippen molar-refractivity contribution in [2.75, 3.05) is 24.6 Å². The van der Waals surface area contributed by atoms with Crippen LogP contribution in [0.4, 0.5) is 0 Å². The van der Waals surface area contributed by atoms with Gasteiger partial charge in [-0.1, -0.05) is 36.4 Å². The van der Waals surface area contributed by atoms with E-state index in [2.05, 4.69) is 11.9 Å². The molecule has 0 spiro atoms. The van der Waals surface area contributed by atoms with Crippen molar-refractivity contribution in [3.8, 4) is 0 Å². The van der Waals surface area contributed by atoms with Crippen molar-refractivity contribution in [1.29, 1.82) is 0 Å². The minimum atomic E-state index is -0.479. The Kier molecular flexibility index (Phi) is 7.20. The Bertz CT molecular complexity index is 527. The number of amides is 2. The van der Waals surface area contributed by atoms with Gasteiger partial charge in [0.15, 0.2) is 0 Å². The molecule has 2 amide bonds. The van der Waals surface area contributed by atoms with Gasteiger partial charge >= 0.3 is 0 Å². The first-order valence-electron chi connectivity index (χ1n) is 8.01. The molecule has 0 aromatic heterocycles. The number of nitrogens with zero attached hydrogens (tertiary/aromatic N) is 1. The van der Waals surface area contributed by atoms with Gasteiger partial charge in [-0.15, -0.1) is 18.3 Å². The molecule has 0 aliphatic carbocycles. The van der Waals surface area contributed by atoms with Crippen molar-refractivity contribution >= 4 is 23.6 Å². The summed E-state index contributed by atoms with van der Waals surface area (Å²) in [5.74, 6) is 1.03. The van der Waals surface area contributed by atoms with Crippen LogP contribution >= 0.6 is 11.8 Å². The van der Waals surface area contributed by atoms with Gasteiger partial charge in [0.2, 0.25) is 11.8 Å². The number of nitrogens with one attached hydrogen (secondary N) is 1. The second-order valence-corrected chi connectivity index (χ2v) is 6.68. The fourth-order valence-corrected chi connectivity index (χ4v) is 3.23. The van der Waals surface area contributed by atoms with E-state index >= 15 is 0 Å². The van der Waals surface area contributed by atoms with Gasteiger partial charge in [-0.05, 0) is 18.4 Å². The maximum Gasteiger partial charge on any atom is 0.245 e. The Hall–Kier alpha value is -1.75. The van der Waals surface area contributed by atoms with Crippen molar-refractivity contribution in [3.05, 3.63) is 48.6 Å². The monoisotopic (exact) mass is 332 g/mol. The Morgan fingerprint density at radius 3 is 2.61 bits per heavy atom. The number of rotatable bonds is 8. The van der Waals surface area contributed by atoms with Crippen molar-refractivity contribution < 1.29 is 9.59 Å². The zero-order valence-electron chi connectivity index (χ0n) is 13.4. The van der Waals surface area contributed by atoms with Gasteiger partial charge in [0.25, 0.3) is 0 Å². The molecule has 1 fully saturated rings. The molecule has 0 bridgehead atoms. The quantitative estimate of drug-likeness (QED) is 0.587. The number of hydrogen-bond donors (Lipinski definition) is 1. The Morgan fingerprint density at radius 1 is 1.26 bits per heavy atom. The molecule has 1 aliphatic heterocycles. The summed E-state index contributed by atoms with van der Waals surface area (Å²) < 4.78 is 0. The van der Waals surface area contributed by atoms with Crippen LogP contribution in [0.1, 0.15) is 18.4 Å². The van der Waals surface area contributed by atoms with E-state index in [9.17, 15) is 9.59 Å². The molecule has 1 atom stereocenters. The number of benzene rings is 1. The zero-order chi connectivity index (χ0) is 16.5. The molecular formula is C18H24N2O2S. The van der Waals surface area contributed by atoms with E-state index in [0.717, 1.165) is 37.2 Å². The molecule has 2 rings (SSSR count). The standard InChI is InChI=1S/C18H24N2O2S/c1-2-12-23-14-17(21)19-16(13-15-8-4-3-5-9-15)18(22)20-10-6-7-11-20/h2-5,8-9,16H,1,6-7,10-14H2,(H,19,21). The molecule has 0 saturated carbocycles. The molecule has 0 radical (unpaired) electrons. The van der Waals surface area contributed by atoms with Crippen LogP contribution in [0.15, 0.2) is 43.0 Å². The fraction of sp³-hybridized carbons (Fsp3) is 0.444. The lowest BCUT2D eigenvalue weighted by molar-refractivity contribution is -0.135. The number of hydrogen-bond acceptors (Lipinski definition) is 3. The summed E-state index contributed by atoms with van der Waals surface area (Å²) in [6.07, 6.45) is 4.41. The number of thioether (sulfide) groups is 1. The predicted octanol–water partition coefficient (Wildman–Crippen LogP) is 2.26. The third-order valence-corrected chi connectivity index (χ3v) is 4.74. The van der Waals surface area contributed by atoms with Crippen LogP contribution in [0.25, 0.3) is 0 Å². The van der Waals surface area contributed by atoms with Crippen LogP contribution in [0, 0.1) is 0 Å². The molecule has 1 N–H and O–H groups in total. The highest BCUT2D eigenvalue weighted by Crippen LogP contribution is 2.12. The molecule has 1 saturated heterocycles. The summed E-state index contributed by atoms with van der Waals surface area (Å²) in [6.45, 7) is 5.24. The normalized spacial score (nSPS) is 15.2. The lowest BCUT2D eigenvalue weighted by Gasteiger charge is -2.24. The van der Waals surface area contributed by atoms with E-state index in [4.69, 9.17) is 0 Å². The van der Waals surface area contributed by atoms with E-state index < -0.39 is 6.04 Å². The van der Waals surface area contributed by atoms with Crippen LogP contribution in [0.2, 0.25) is 0 Å². The first-order valence-corrected chi connectivity index (χ1v) is 9.17. The molecule has 23 heavy (non-hydrogen) atoms. The van der Waals surface area contributed by atoms with Gasteiger partial charge in [0, 0.05) is 25.3 Å². The highest BCUT2D eigenvalue weighted by Gasteiger charge is 2.27. The van der Waals surface area contributed by atoms with Crippen molar-refractivity contribution in [2.24, 2.45) is 0 Å². The second-order valence-electron chi connectivity index (χ2n) is 5.65. The third kappa shape index (κ3) is 5.75. The van der Waals surface area contributed by atoms with E-state index in [1.54, 1.807) is 6.08 Å². The predicted molar refractivity (Wildman–Crippen MR) is 95.4 cm³/mol. The van der Waals surface area contributed by atoms with Crippen molar-refractivity contribution in [3.63, 3.8) is 0 Å². The number of carbonyl (C=O) groups is 2. The summed E-state index contributed by atoms with van der Waals surface area (Å²) in [4.78, 5) is 26.7. The van der Waals surface area contributed by atoms with Gasteiger partial charge in [-0.2, -0.15) is 0 Å². The summed E-state index contributed by atoms with van der Waals surface area (Å²) in [7, 11) is 0. The molecule has 124 valence electrons. The van der Waals surface area contributed by atoms with E-state index in [1.165, 1.54) is 11.8 Å². The minimum Gasteiger partial charge on any atom is -0.343 e. The van der Waals surface area contributed by atoms with Gasteiger partial charge in [0.1, 0.15) is 6.04 Å². The maximum atomic E-state index is 12.7. The molecule has 1 aromatic carbocycles. The molecule has 4 nitrogen and oxygen atoms in total. The molecule has 1 aromatic rings. The minimum absolute atomic E-state index is 0.0356. The molecule has 1 unspecified atom stereocenters. The molecule has 5 heteroatoms. The smallest absolute Gasteiger partial charge is 0.245 e. The summed E-state index contributed by atoms with van der Waals surface area (Å²) in [5.41, 5.74) is 1.06. The first kappa shape index (κ1) is 17.6. The van der Waals surface area contributed by atoms with Crippen LogP contribution in [-0.4, -0.2) is 47.4 Å². The molecule has 1 heterocycles. The zero-order valence-corrected chi connectivity index (χ0v) is 14.2. The lowest BCUT2D eigenvalue weighted by Crippen LogP contribution is -2.49. The van der Waals surface area contributed by atoms with E-state index in [1.807, 2.05) is 35.2 Å². The average molecular weight is 332 g/mol.